The van der Waals surface area contributed by atoms with E-state index in [1.807, 2.05) is 6.07 Å². The fraction of sp³-hybridized carbons (Fsp3) is 0.455. The molecular weight excluding hydrogens is 372 g/mol. The molecule has 7 heteroatoms. The minimum absolute atomic E-state index is 0.0946. The van der Waals surface area contributed by atoms with Gasteiger partial charge in [-0.05, 0) is 56.1 Å². The van der Waals surface area contributed by atoms with E-state index >= 15 is 0 Å². The van der Waals surface area contributed by atoms with Gasteiger partial charge in [0.05, 0.1) is 25.2 Å². The molecule has 1 saturated heterocycles. The Bertz CT molecular complexity index is 834. The third kappa shape index (κ3) is 5.92. The van der Waals surface area contributed by atoms with Gasteiger partial charge in [0.2, 0.25) is 0 Å². The van der Waals surface area contributed by atoms with Gasteiger partial charge in [-0.25, -0.2) is 0 Å². The van der Waals surface area contributed by atoms with Crippen molar-refractivity contribution in [1.82, 2.24) is 4.90 Å². The second kappa shape index (κ2) is 10.2. The summed E-state index contributed by atoms with van der Waals surface area (Å²) in [5, 5.41) is 11.0. The SMILES string of the molecule is COc1ccc(CCCN2CCOCC2)cc1COc1ccc([N+](=O)[O-])c(C)c1. The van der Waals surface area contributed by atoms with E-state index in [1.165, 1.54) is 11.6 Å². The molecule has 3 rings (SSSR count). The molecule has 0 unspecified atom stereocenters. The average Bonchev–Trinajstić information content (AvgIpc) is 2.73. The lowest BCUT2D eigenvalue weighted by Gasteiger charge is -2.26. The van der Waals surface area contributed by atoms with E-state index in [-0.39, 0.29) is 10.6 Å². The summed E-state index contributed by atoms with van der Waals surface area (Å²) in [6.45, 7) is 6.80. The second-order valence-electron chi connectivity index (χ2n) is 7.20. The maximum Gasteiger partial charge on any atom is 0.272 e. The van der Waals surface area contributed by atoms with Crippen molar-refractivity contribution in [1.29, 1.82) is 0 Å². The Kier molecular flexibility index (Phi) is 7.43. The van der Waals surface area contributed by atoms with Crippen LogP contribution >= 0.6 is 0 Å². The Hall–Kier alpha value is -2.64. The summed E-state index contributed by atoms with van der Waals surface area (Å²) in [6, 6.07) is 11.0. The van der Waals surface area contributed by atoms with Crippen LogP contribution in [-0.2, 0) is 17.8 Å². The van der Waals surface area contributed by atoms with Crippen LogP contribution in [0, 0.1) is 17.0 Å². The van der Waals surface area contributed by atoms with Crippen LogP contribution in [0.25, 0.3) is 0 Å². The molecule has 1 fully saturated rings. The van der Waals surface area contributed by atoms with Crippen LogP contribution in [0.15, 0.2) is 36.4 Å². The number of rotatable bonds is 9. The van der Waals surface area contributed by atoms with Gasteiger partial charge in [-0.15, -0.1) is 0 Å². The third-order valence-corrected chi connectivity index (χ3v) is 5.15. The van der Waals surface area contributed by atoms with E-state index in [4.69, 9.17) is 14.2 Å². The normalized spacial score (nSPS) is 14.6. The molecule has 1 heterocycles. The molecule has 0 amide bonds. The lowest BCUT2D eigenvalue weighted by molar-refractivity contribution is -0.385. The molecule has 0 saturated carbocycles. The topological polar surface area (TPSA) is 74.1 Å². The van der Waals surface area contributed by atoms with Crippen LogP contribution in [0.1, 0.15) is 23.1 Å². The summed E-state index contributed by atoms with van der Waals surface area (Å²) in [7, 11) is 1.65. The number of nitrogens with zero attached hydrogens (tertiary/aromatic N) is 2. The largest absolute Gasteiger partial charge is 0.496 e. The highest BCUT2D eigenvalue weighted by Crippen LogP contribution is 2.26. The van der Waals surface area contributed by atoms with Crippen LogP contribution in [-0.4, -0.2) is 49.8 Å². The van der Waals surface area contributed by atoms with E-state index in [9.17, 15) is 10.1 Å². The molecule has 0 atom stereocenters. The maximum absolute atomic E-state index is 11.0. The molecule has 0 bridgehead atoms. The molecular formula is C22H28N2O5. The maximum atomic E-state index is 11.0. The summed E-state index contributed by atoms with van der Waals surface area (Å²) in [4.78, 5) is 13.0. The van der Waals surface area contributed by atoms with E-state index in [0.29, 0.717) is 17.9 Å². The molecule has 29 heavy (non-hydrogen) atoms. The highest BCUT2D eigenvalue weighted by molar-refractivity contribution is 5.44. The minimum Gasteiger partial charge on any atom is -0.496 e. The molecule has 1 aliphatic rings. The number of morpholine rings is 1. The van der Waals surface area contributed by atoms with Crippen LogP contribution in [0.2, 0.25) is 0 Å². The Balaban J connectivity index is 1.59. The van der Waals surface area contributed by atoms with Crippen molar-refractivity contribution < 1.29 is 19.1 Å². The first-order valence-electron chi connectivity index (χ1n) is 9.90. The summed E-state index contributed by atoms with van der Waals surface area (Å²) in [5.74, 6) is 1.38. The fourth-order valence-electron chi connectivity index (χ4n) is 3.52. The number of hydrogen-bond acceptors (Lipinski definition) is 6. The van der Waals surface area contributed by atoms with Gasteiger partial charge in [-0.3, -0.25) is 15.0 Å². The van der Waals surface area contributed by atoms with Gasteiger partial charge in [0.15, 0.2) is 0 Å². The summed E-state index contributed by atoms with van der Waals surface area (Å²) < 4.78 is 16.7. The molecule has 0 N–H and O–H groups in total. The van der Waals surface area contributed by atoms with Gasteiger partial charge in [-0.2, -0.15) is 0 Å². The Labute approximate surface area is 171 Å². The van der Waals surface area contributed by atoms with Gasteiger partial charge in [0, 0.05) is 30.3 Å². The lowest BCUT2D eigenvalue weighted by atomic mass is 10.1. The highest BCUT2D eigenvalue weighted by Gasteiger charge is 2.13. The van der Waals surface area contributed by atoms with Gasteiger partial charge in [0.25, 0.3) is 5.69 Å². The zero-order valence-corrected chi connectivity index (χ0v) is 17.1. The number of methoxy groups -OCH3 is 1. The molecule has 2 aromatic carbocycles. The van der Waals surface area contributed by atoms with Crippen LogP contribution in [0.3, 0.4) is 0 Å². The number of nitro benzene ring substituents is 1. The molecule has 156 valence electrons. The molecule has 0 radical (unpaired) electrons. The number of ether oxygens (including phenoxy) is 3. The summed E-state index contributed by atoms with van der Waals surface area (Å²) in [6.07, 6.45) is 2.08. The molecule has 0 aromatic heterocycles. The van der Waals surface area contributed by atoms with Crippen LogP contribution < -0.4 is 9.47 Å². The van der Waals surface area contributed by atoms with Crippen molar-refractivity contribution in [2.24, 2.45) is 0 Å². The smallest absolute Gasteiger partial charge is 0.272 e. The number of aryl methyl sites for hydroxylation is 2. The summed E-state index contributed by atoms with van der Waals surface area (Å²) in [5.41, 5.74) is 2.89. The Morgan fingerprint density at radius 2 is 1.97 bits per heavy atom. The molecule has 0 spiro atoms. The van der Waals surface area contributed by atoms with Crippen molar-refractivity contribution in [3.05, 3.63) is 63.2 Å². The van der Waals surface area contributed by atoms with E-state index in [1.54, 1.807) is 26.2 Å². The van der Waals surface area contributed by atoms with Gasteiger partial charge in [0.1, 0.15) is 18.1 Å². The first-order chi connectivity index (χ1) is 14.1. The molecule has 2 aromatic rings. The quantitative estimate of drug-likeness (QED) is 0.471. The van der Waals surface area contributed by atoms with Crippen molar-refractivity contribution in [3.8, 4) is 11.5 Å². The predicted molar refractivity (Wildman–Crippen MR) is 111 cm³/mol. The van der Waals surface area contributed by atoms with E-state index < -0.39 is 0 Å². The zero-order chi connectivity index (χ0) is 20.6. The number of nitro groups is 1. The monoisotopic (exact) mass is 400 g/mol. The minimum atomic E-state index is -0.386. The van der Waals surface area contributed by atoms with Gasteiger partial charge >= 0.3 is 0 Å². The van der Waals surface area contributed by atoms with Crippen molar-refractivity contribution >= 4 is 5.69 Å². The van der Waals surface area contributed by atoms with Gasteiger partial charge in [-0.1, -0.05) is 6.07 Å². The van der Waals surface area contributed by atoms with Gasteiger partial charge < -0.3 is 14.2 Å². The van der Waals surface area contributed by atoms with Crippen molar-refractivity contribution in [2.75, 3.05) is 40.0 Å². The first-order valence-corrected chi connectivity index (χ1v) is 9.90. The number of benzene rings is 2. The van der Waals surface area contributed by atoms with E-state index in [2.05, 4.69) is 17.0 Å². The molecule has 7 nitrogen and oxygen atoms in total. The number of hydrogen-bond donors (Lipinski definition) is 0. The second-order valence-corrected chi connectivity index (χ2v) is 7.20. The lowest BCUT2D eigenvalue weighted by Crippen LogP contribution is -2.36. The molecule has 0 aliphatic carbocycles. The average molecular weight is 400 g/mol. The highest BCUT2D eigenvalue weighted by atomic mass is 16.6. The first kappa shape index (κ1) is 21.1. The van der Waals surface area contributed by atoms with Crippen molar-refractivity contribution in [2.45, 2.75) is 26.4 Å². The van der Waals surface area contributed by atoms with Crippen LogP contribution in [0.4, 0.5) is 5.69 Å². The van der Waals surface area contributed by atoms with Crippen LogP contribution in [0.5, 0.6) is 11.5 Å². The van der Waals surface area contributed by atoms with Crippen molar-refractivity contribution in [3.63, 3.8) is 0 Å². The molecule has 1 aliphatic heterocycles. The van der Waals surface area contributed by atoms with E-state index in [0.717, 1.165) is 57.0 Å². The predicted octanol–water partition coefficient (Wildman–Crippen LogP) is 3.76. The zero-order valence-electron chi connectivity index (χ0n) is 17.1. The summed E-state index contributed by atoms with van der Waals surface area (Å²) >= 11 is 0. The Morgan fingerprint density at radius 1 is 1.17 bits per heavy atom. The standard InChI is InChI=1S/C22H28N2O5/c1-17-14-20(6-7-21(17)24(25)26)29-16-19-15-18(5-8-22(19)27-2)4-3-9-23-10-12-28-13-11-23/h5-8,14-15H,3-4,9-13,16H2,1-2H3. The fourth-order valence-corrected chi connectivity index (χ4v) is 3.52. The third-order valence-electron chi connectivity index (χ3n) is 5.15. The Morgan fingerprint density at radius 3 is 2.66 bits per heavy atom.